The second-order valence-corrected chi connectivity index (χ2v) is 10.8. The summed E-state index contributed by atoms with van der Waals surface area (Å²) in [6.07, 6.45) is 7.82. The second kappa shape index (κ2) is 12.9. The van der Waals surface area contributed by atoms with Crippen molar-refractivity contribution in [3.05, 3.63) is 48.5 Å². The molecule has 0 fully saturated rings. The minimum Gasteiger partial charge on any atom is -0.164 e. The Morgan fingerprint density at radius 1 is 0.341 bits per heavy atom. The highest BCUT2D eigenvalue weighted by molar-refractivity contribution is 5.77. The largest absolute Gasteiger partial charge is 0.205 e. The van der Waals surface area contributed by atoms with Gasteiger partial charge in [-0.25, -0.2) is 0 Å². The summed E-state index contributed by atoms with van der Waals surface area (Å²) in [7, 11) is 0. The molecule has 44 heavy (non-hydrogen) atoms. The van der Waals surface area contributed by atoms with Crippen molar-refractivity contribution in [3.8, 4) is 45.6 Å². The first kappa shape index (κ1) is 27.5. The molecule has 4 aromatic heterocycles. The number of fused-ring (bicyclic) bond motifs is 14. The summed E-state index contributed by atoms with van der Waals surface area (Å²) >= 11 is 0. The van der Waals surface area contributed by atoms with Crippen molar-refractivity contribution in [1.82, 2.24) is 80.8 Å². The summed E-state index contributed by atoms with van der Waals surface area (Å²) in [4.78, 5) is 6.62. The SMILES string of the molecule is c1ccc2c(c1)-c1nnn(n1)CCCCCCn1nnc(n1)-c1ccccc1-c1nnn(n1)CCCCCCn1nnc-2n1. The summed E-state index contributed by atoms with van der Waals surface area (Å²) < 4.78 is 0. The van der Waals surface area contributed by atoms with Crippen LogP contribution < -0.4 is 0 Å². The first-order chi connectivity index (χ1) is 21.8. The van der Waals surface area contributed by atoms with Gasteiger partial charge in [-0.05, 0) is 46.5 Å². The van der Waals surface area contributed by atoms with Crippen molar-refractivity contribution in [2.24, 2.45) is 0 Å². The molecule has 2 aromatic carbocycles. The van der Waals surface area contributed by atoms with E-state index in [2.05, 4.69) is 61.6 Å². The van der Waals surface area contributed by atoms with Crippen LogP contribution in [0.3, 0.4) is 0 Å². The zero-order chi connectivity index (χ0) is 29.6. The number of tetrazole rings is 4. The lowest BCUT2D eigenvalue weighted by Crippen LogP contribution is -2.05. The molecule has 16 nitrogen and oxygen atoms in total. The van der Waals surface area contributed by atoms with Gasteiger partial charge >= 0.3 is 0 Å². The third kappa shape index (κ3) is 6.23. The first-order valence-corrected chi connectivity index (χ1v) is 15.1. The molecule has 8 bridgehead atoms. The van der Waals surface area contributed by atoms with E-state index in [0.717, 1.165) is 73.6 Å². The van der Waals surface area contributed by atoms with Crippen molar-refractivity contribution >= 4 is 0 Å². The molecule has 1 aliphatic rings. The third-order valence-corrected chi connectivity index (χ3v) is 7.56. The maximum Gasteiger partial charge on any atom is 0.205 e. The highest BCUT2D eigenvalue weighted by Crippen LogP contribution is 2.28. The molecule has 0 amide bonds. The predicted molar refractivity (Wildman–Crippen MR) is 157 cm³/mol. The molecule has 16 heteroatoms. The molecular weight excluding hydrogens is 560 g/mol. The van der Waals surface area contributed by atoms with Gasteiger partial charge < -0.3 is 0 Å². The van der Waals surface area contributed by atoms with E-state index in [1.54, 1.807) is 19.2 Å². The Hall–Kier alpha value is -5.28. The van der Waals surface area contributed by atoms with E-state index in [1.807, 2.05) is 48.5 Å². The summed E-state index contributed by atoms with van der Waals surface area (Å²) in [5.41, 5.74) is 3.33. The van der Waals surface area contributed by atoms with Crippen molar-refractivity contribution in [2.45, 2.75) is 77.5 Å². The number of nitrogens with zero attached hydrogens (tertiary/aromatic N) is 16. The summed E-state index contributed by atoms with van der Waals surface area (Å²) in [6, 6.07) is 15.7. The van der Waals surface area contributed by atoms with Crippen LogP contribution in [0.1, 0.15) is 51.4 Å². The van der Waals surface area contributed by atoms with Gasteiger partial charge in [0.05, 0.1) is 26.2 Å². The van der Waals surface area contributed by atoms with Gasteiger partial charge in [0.2, 0.25) is 23.3 Å². The molecule has 6 aromatic rings. The lowest BCUT2D eigenvalue weighted by molar-refractivity contribution is 0.449. The lowest BCUT2D eigenvalue weighted by Gasteiger charge is -2.03. The smallest absolute Gasteiger partial charge is 0.164 e. The van der Waals surface area contributed by atoms with Crippen molar-refractivity contribution in [1.29, 1.82) is 0 Å². The molecule has 1 aliphatic heterocycles. The molecule has 5 heterocycles. The topological polar surface area (TPSA) is 174 Å². The number of aryl methyl sites for hydroxylation is 4. The molecule has 0 atom stereocenters. The minimum atomic E-state index is 0.550. The fraction of sp³-hybridized carbons (Fsp3) is 0.429. The predicted octanol–water partition coefficient (Wildman–Crippen LogP) is 3.14. The molecule has 7 rings (SSSR count). The van der Waals surface area contributed by atoms with E-state index in [4.69, 9.17) is 0 Å². The van der Waals surface area contributed by atoms with Crippen molar-refractivity contribution in [3.63, 3.8) is 0 Å². The van der Waals surface area contributed by atoms with Gasteiger partial charge in [0.15, 0.2) is 0 Å². The summed E-state index contributed by atoms with van der Waals surface area (Å²) in [6.45, 7) is 2.74. The van der Waals surface area contributed by atoms with E-state index in [1.165, 1.54) is 0 Å². The van der Waals surface area contributed by atoms with Crippen molar-refractivity contribution < 1.29 is 0 Å². The van der Waals surface area contributed by atoms with Crippen LogP contribution in [0, 0.1) is 0 Å². The fourth-order valence-corrected chi connectivity index (χ4v) is 5.25. The number of hydrogen-bond acceptors (Lipinski definition) is 12. The molecule has 0 unspecified atom stereocenters. The summed E-state index contributed by atoms with van der Waals surface area (Å²) in [5.74, 6) is 2.20. The first-order valence-electron chi connectivity index (χ1n) is 15.1. The normalized spacial score (nSPS) is 15.1. The molecular formula is C28H32N16. The Labute approximate surface area is 252 Å². The maximum atomic E-state index is 4.64. The summed E-state index contributed by atoms with van der Waals surface area (Å²) in [5, 5.41) is 53.0. The van der Waals surface area contributed by atoms with Crippen LogP contribution in [0.25, 0.3) is 45.6 Å². The van der Waals surface area contributed by atoms with Crippen LogP contribution in [0.15, 0.2) is 48.5 Å². The average molecular weight is 593 g/mol. The van der Waals surface area contributed by atoms with Crippen LogP contribution in [0.4, 0.5) is 0 Å². The Morgan fingerprint density at radius 3 is 0.841 bits per heavy atom. The van der Waals surface area contributed by atoms with Crippen LogP contribution in [0.5, 0.6) is 0 Å². The van der Waals surface area contributed by atoms with Crippen LogP contribution in [-0.4, -0.2) is 80.8 Å². The zero-order valence-electron chi connectivity index (χ0n) is 24.3. The molecule has 0 saturated carbocycles. The van der Waals surface area contributed by atoms with Crippen LogP contribution >= 0.6 is 0 Å². The molecule has 0 aliphatic carbocycles. The highest BCUT2D eigenvalue weighted by Gasteiger charge is 2.17. The Kier molecular flexibility index (Phi) is 8.09. The van der Waals surface area contributed by atoms with E-state index in [-0.39, 0.29) is 0 Å². The lowest BCUT2D eigenvalue weighted by atomic mass is 10.1. The van der Waals surface area contributed by atoms with E-state index in [0.29, 0.717) is 49.5 Å². The minimum absolute atomic E-state index is 0.550. The fourth-order valence-electron chi connectivity index (χ4n) is 5.25. The van der Waals surface area contributed by atoms with Gasteiger partial charge in [0.25, 0.3) is 0 Å². The second-order valence-electron chi connectivity index (χ2n) is 10.8. The van der Waals surface area contributed by atoms with Gasteiger partial charge in [-0.3, -0.25) is 0 Å². The van der Waals surface area contributed by atoms with Gasteiger partial charge in [-0.15, -0.1) is 40.8 Å². The van der Waals surface area contributed by atoms with Gasteiger partial charge in [0, 0.05) is 22.3 Å². The molecule has 0 N–H and O–H groups in total. The zero-order valence-corrected chi connectivity index (χ0v) is 24.3. The number of benzene rings is 2. The van der Waals surface area contributed by atoms with Crippen LogP contribution in [0.2, 0.25) is 0 Å². The Balaban J connectivity index is 1.08. The van der Waals surface area contributed by atoms with Gasteiger partial charge in [-0.2, -0.15) is 19.2 Å². The standard InChI is InChI=1S/C28H32N16/c1-2-10-18-42-34-26(30-38-42)23-15-7-8-16-24(23)28-32-40-44(36-28)20-12-4-3-11-19-43-35-27(31-39-43)22-14-6-5-13-21(22)25-29-37-41(33-25)17-9-1/h5-8,13-16H,1-4,9-12,17-20H2. The third-order valence-electron chi connectivity index (χ3n) is 7.56. The van der Waals surface area contributed by atoms with E-state index >= 15 is 0 Å². The molecule has 224 valence electrons. The van der Waals surface area contributed by atoms with Gasteiger partial charge in [-0.1, -0.05) is 74.2 Å². The van der Waals surface area contributed by atoms with Gasteiger partial charge in [0.1, 0.15) is 0 Å². The van der Waals surface area contributed by atoms with E-state index in [9.17, 15) is 0 Å². The average Bonchev–Trinajstić information content (AvgIpc) is 3.88. The Morgan fingerprint density at radius 2 is 0.591 bits per heavy atom. The van der Waals surface area contributed by atoms with Crippen molar-refractivity contribution in [2.75, 3.05) is 0 Å². The molecule has 0 radical (unpaired) electrons. The quantitative estimate of drug-likeness (QED) is 0.252. The van der Waals surface area contributed by atoms with E-state index < -0.39 is 0 Å². The van der Waals surface area contributed by atoms with Crippen LogP contribution in [-0.2, 0) is 26.2 Å². The molecule has 0 saturated heterocycles. The number of hydrogen-bond donors (Lipinski definition) is 0. The molecule has 0 spiro atoms. The Bertz CT molecular complexity index is 1550. The highest BCUT2D eigenvalue weighted by atomic mass is 15.6. The number of aromatic nitrogens is 16. The monoisotopic (exact) mass is 592 g/mol. The number of rotatable bonds is 0. The maximum absolute atomic E-state index is 4.64.